The molecule has 0 spiro atoms. The number of carbonyl (C=O) groups excluding carboxylic acids is 1. The zero-order valence-corrected chi connectivity index (χ0v) is 14.6. The highest BCUT2D eigenvalue weighted by Crippen LogP contribution is 2.36. The van der Waals surface area contributed by atoms with E-state index in [1.165, 1.54) is 0 Å². The molecular formula is C14H11ClF4N2O4S. The molecule has 12 heteroatoms. The summed E-state index contributed by atoms with van der Waals surface area (Å²) in [5.74, 6) is -2.38. The van der Waals surface area contributed by atoms with Gasteiger partial charge in [-0.3, -0.25) is 9.48 Å². The first-order valence-electron chi connectivity index (χ1n) is 6.83. The van der Waals surface area contributed by atoms with Crippen molar-refractivity contribution in [2.24, 2.45) is 7.05 Å². The Morgan fingerprint density at radius 3 is 2.35 bits per heavy atom. The highest BCUT2D eigenvalue weighted by molar-refractivity contribution is 7.91. The first-order valence-corrected chi connectivity index (χ1v) is 8.85. The monoisotopic (exact) mass is 414 g/mol. The van der Waals surface area contributed by atoms with Crippen LogP contribution in [0, 0.1) is 5.82 Å². The maximum absolute atomic E-state index is 13.2. The minimum Gasteiger partial charge on any atom is -0.460 e. The fourth-order valence-corrected chi connectivity index (χ4v) is 3.83. The summed E-state index contributed by atoms with van der Waals surface area (Å²) in [5, 5.41) is 2.39. The topological polar surface area (TPSA) is 78.3 Å². The number of alkyl halides is 4. The summed E-state index contributed by atoms with van der Waals surface area (Å²) in [6, 6.07) is 3.50. The molecule has 0 saturated heterocycles. The van der Waals surface area contributed by atoms with E-state index in [4.69, 9.17) is 11.6 Å². The van der Waals surface area contributed by atoms with Gasteiger partial charge in [0.15, 0.2) is 10.7 Å². The number of rotatable bonds is 5. The summed E-state index contributed by atoms with van der Waals surface area (Å²) in [5.41, 5.74) is -2.36. The van der Waals surface area contributed by atoms with E-state index >= 15 is 0 Å². The van der Waals surface area contributed by atoms with Crippen LogP contribution in [-0.4, -0.2) is 30.0 Å². The number of halogens is 5. The lowest BCUT2D eigenvalue weighted by atomic mass is 10.2. The lowest BCUT2D eigenvalue weighted by Crippen LogP contribution is -2.15. The van der Waals surface area contributed by atoms with Crippen LogP contribution in [0.2, 0.25) is 0 Å². The first-order chi connectivity index (χ1) is 12.0. The Bertz CT molecular complexity index is 924. The Morgan fingerprint density at radius 1 is 1.27 bits per heavy atom. The summed E-state index contributed by atoms with van der Waals surface area (Å²) in [4.78, 5) is 10.7. The second kappa shape index (κ2) is 7.23. The maximum atomic E-state index is 13.2. The summed E-state index contributed by atoms with van der Waals surface area (Å²) in [7, 11) is -3.50. The van der Waals surface area contributed by atoms with Crippen molar-refractivity contribution >= 4 is 27.4 Å². The van der Waals surface area contributed by atoms with Crippen LogP contribution in [0.15, 0.2) is 34.2 Å². The molecule has 142 valence electrons. The van der Waals surface area contributed by atoms with Crippen molar-refractivity contribution in [2.45, 2.75) is 22.7 Å². The van der Waals surface area contributed by atoms with Crippen molar-refractivity contribution < 1.29 is 35.5 Å². The van der Waals surface area contributed by atoms with Crippen molar-refractivity contribution in [2.75, 3.05) is 5.88 Å². The number of esters is 1. The lowest BCUT2D eigenvalue weighted by Gasteiger charge is -2.10. The van der Waals surface area contributed by atoms with E-state index in [1.807, 2.05) is 0 Å². The van der Waals surface area contributed by atoms with Crippen molar-refractivity contribution in [3.63, 3.8) is 0 Å². The van der Waals surface area contributed by atoms with Crippen LogP contribution in [0.4, 0.5) is 17.6 Å². The second-order valence-corrected chi connectivity index (χ2v) is 7.14. The number of hydrogen-bond donors (Lipinski definition) is 0. The molecule has 0 aliphatic rings. The number of nitrogens with zero attached hydrogens (tertiary/aromatic N) is 2. The van der Waals surface area contributed by atoms with Gasteiger partial charge in [-0.05, 0) is 24.3 Å². The molecule has 0 unspecified atom stereocenters. The van der Waals surface area contributed by atoms with E-state index in [0.717, 1.165) is 31.3 Å². The molecule has 2 rings (SSSR count). The predicted octanol–water partition coefficient (Wildman–Crippen LogP) is 2.69. The van der Waals surface area contributed by atoms with Crippen LogP contribution < -0.4 is 0 Å². The van der Waals surface area contributed by atoms with Crippen molar-refractivity contribution in [3.8, 4) is 0 Å². The molecule has 1 aromatic heterocycles. The van der Waals surface area contributed by atoms with Gasteiger partial charge in [-0.15, -0.1) is 11.6 Å². The Hall–Kier alpha value is -2.14. The van der Waals surface area contributed by atoms with E-state index in [0.29, 0.717) is 4.68 Å². The van der Waals surface area contributed by atoms with E-state index < -0.39 is 61.5 Å². The lowest BCUT2D eigenvalue weighted by molar-refractivity contribution is -0.147. The van der Waals surface area contributed by atoms with Crippen LogP contribution in [0.3, 0.4) is 0 Å². The fourth-order valence-electron chi connectivity index (χ4n) is 2.16. The van der Waals surface area contributed by atoms with Gasteiger partial charge in [0, 0.05) is 7.05 Å². The molecule has 0 radical (unpaired) electrons. The number of sulfone groups is 1. The van der Waals surface area contributed by atoms with E-state index in [-0.39, 0.29) is 0 Å². The molecule has 0 aliphatic heterocycles. The SMILES string of the molecule is Cn1nc(C(F)(F)F)c(COC(=O)CCl)c1S(=O)(=O)c1ccc(F)cc1. The number of aryl methyl sites for hydroxylation is 1. The van der Waals surface area contributed by atoms with Crippen molar-refractivity contribution in [1.82, 2.24) is 9.78 Å². The minimum atomic E-state index is -4.99. The molecule has 1 heterocycles. The minimum absolute atomic E-state index is 0.444. The standard InChI is InChI=1S/C14H11ClF4N2O4S/c1-21-13(26(23,24)9-4-2-8(16)3-5-9)10(7-25-11(22)6-15)12(20-21)14(17,18)19/h2-5H,6-7H2,1H3. The Morgan fingerprint density at radius 2 is 1.85 bits per heavy atom. The van der Waals surface area contributed by atoms with Crippen LogP contribution in [-0.2, 0) is 39.2 Å². The molecule has 6 nitrogen and oxygen atoms in total. The van der Waals surface area contributed by atoms with E-state index in [1.54, 1.807) is 0 Å². The largest absolute Gasteiger partial charge is 0.460 e. The van der Waals surface area contributed by atoms with Gasteiger partial charge < -0.3 is 4.74 Å². The molecule has 0 amide bonds. The van der Waals surface area contributed by atoms with Gasteiger partial charge in [-0.2, -0.15) is 18.3 Å². The van der Waals surface area contributed by atoms with Gasteiger partial charge in [-0.25, -0.2) is 12.8 Å². The van der Waals surface area contributed by atoms with Crippen molar-refractivity contribution in [1.29, 1.82) is 0 Å². The summed E-state index contributed by atoms with van der Waals surface area (Å²) in [6.45, 7) is -0.996. The van der Waals surface area contributed by atoms with Gasteiger partial charge in [0.25, 0.3) is 0 Å². The maximum Gasteiger partial charge on any atom is 0.435 e. The average molecular weight is 415 g/mol. The van der Waals surface area contributed by atoms with Crippen LogP contribution in [0.25, 0.3) is 0 Å². The molecule has 0 bridgehead atoms. The molecule has 1 aromatic carbocycles. The van der Waals surface area contributed by atoms with Gasteiger partial charge in [0.1, 0.15) is 18.3 Å². The molecular weight excluding hydrogens is 404 g/mol. The quantitative estimate of drug-likeness (QED) is 0.325. The van der Waals surface area contributed by atoms with E-state index in [2.05, 4.69) is 9.84 Å². The Labute approximate surface area is 150 Å². The third kappa shape index (κ3) is 3.98. The third-order valence-electron chi connectivity index (χ3n) is 3.22. The van der Waals surface area contributed by atoms with Crippen LogP contribution >= 0.6 is 11.6 Å². The molecule has 0 N–H and O–H groups in total. The summed E-state index contributed by atoms with van der Waals surface area (Å²) in [6.07, 6.45) is -4.99. The van der Waals surface area contributed by atoms with E-state index in [9.17, 15) is 30.8 Å². The smallest absolute Gasteiger partial charge is 0.435 e. The highest BCUT2D eigenvalue weighted by atomic mass is 35.5. The number of aromatic nitrogens is 2. The summed E-state index contributed by atoms with van der Waals surface area (Å²) < 4.78 is 83.2. The average Bonchev–Trinajstić information content (AvgIpc) is 2.90. The zero-order chi connectivity index (χ0) is 19.7. The molecule has 26 heavy (non-hydrogen) atoms. The number of ether oxygens (including phenoxy) is 1. The van der Waals surface area contributed by atoms with Crippen molar-refractivity contribution in [3.05, 3.63) is 41.3 Å². The Kier molecular flexibility index (Phi) is 5.61. The summed E-state index contributed by atoms with van der Waals surface area (Å²) >= 11 is 5.22. The third-order valence-corrected chi connectivity index (χ3v) is 5.35. The van der Waals surface area contributed by atoms with Gasteiger partial charge in [0.2, 0.25) is 9.84 Å². The molecule has 0 saturated carbocycles. The van der Waals surface area contributed by atoms with Gasteiger partial charge >= 0.3 is 12.1 Å². The number of carbonyl (C=O) groups is 1. The van der Waals surface area contributed by atoms with Crippen LogP contribution in [0.1, 0.15) is 11.3 Å². The normalized spacial score (nSPS) is 12.2. The van der Waals surface area contributed by atoms with Gasteiger partial charge in [0.05, 0.1) is 10.5 Å². The molecule has 0 atom stereocenters. The molecule has 0 fully saturated rings. The Balaban J connectivity index is 2.65. The van der Waals surface area contributed by atoms with Gasteiger partial charge in [-0.1, -0.05) is 0 Å². The second-order valence-electron chi connectivity index (χ2n) is 5.01. The fraction of sp³-hybridized carbons (Fsp3) is 0.286. The first kappa shape index (κ1) is 20.2. The van der Waals surface area contributed by atoms with Crippen LogP contribution in [0.5, 0.6) is 0 Å². The number of hydrogen-bond acceptors (Lipinski definition) is 5. The zero-order valence-electron chi connectivity index (χ0n) is 13.0. The number of benzene rings is 1. The molecule has 2 aromatic rings. The predicted molar refractivity (Wildman–Crippen MR) is 80.6 cm³/mol. The highest BCUT2D eigenvalue weighted by Gasteiger charge is 2.42. The molecule has 0 aliphatic carbocycles.